The zero-order valence-corrected chi connectivity index (χ0v) is 15.5. The lowest BCUT2D eigenvalue weighted by atomic mass is 9.63. The second-order valence-electron chi connectivity index (χ2n) is 6.86. The van der Waals surface area contributed by atoms with Crippen LogP contribution in [0.2, 0.25) is 5.02 Å². The van der Waals surface area contributed by atoms with E-state index in [2.05, 4.69) is 42.0 Å². The van der Waals surface area contributed by atoms with Gasteiger partial charge in [-0.2, -0.15) is 0 Å². The topological polar surface area (TPSA) is 12.0 Å². The van der Waals surface area contributed by atoms with Gasteiger partial charge in [0.25, 0.3) is 0 Å². The first-order valence-corrected chi connectivity index (χ1v) is 8.77. The summed E-state index contributed by atoms with van der Waals surface area (Å²) in [5.74, 6) is 0.850. The lowest BCUT2D eigenvalue weighted by molar-refractivity contribution is 0.149. The van der Waals surface area contributed by atoms with E-state index in [1.807, 2.05) is 19.2 Å². The highest BCUT2D eigenvalue weighted by atomic mass is 79.9. The lowest BCUT2D eigenvalue weighted by Gasteiger charge is -2.44. The second-order valence-corrected chi connectivity index (χ2v) is 8.10. The zero-order chi connectivity index (χ0) is 15.8. The molecule has 1 aliphatic rings. The molecule has 0 bridgehead atoms. The predicted octanol–water partition coefficient (Wildman–Crippen LogP) is 5.54. The van der Waals surface area contributed by atoms with E-state index >= 15 is 0 Å². The van der Waals surface area contributed by atoms with Crippen LogP contribution >= 0.6 is 27.5 Å². The van der Waals surface area contributed by atoms with E-state index in [0.29, 0.717) is 16.4 Å². The van der Waals surface area contributed by atoms with Crippen molar-refractivity contribution < 1.29 is 4.39 Å². The van der Waals surface area contributed by atoms with Crippen molar-refractivity contribution in [1.29, 1.82) is 0 Å². The van der Waals surface area contributed by atoms with Crippen molar-refractivity contribution in [3.63, 3.8) is 0 Å². The fourth-order valence-corrected chi connectivity index (χ4v) is 4.26. The van der Waals surface area contributed by atoms with Gasteiger partial charge in [0, 0.05) is 10.5 Å². The van der Waals surface area contributed by atoms with E-state index in [1.54, 1.807) is 0 Å². The van der Waals surface area contributed by atoms with Crippen LogP contribution < -0.4 is 5.32 Å². The van der Waals surface area contributed by atoms with Crippen LogP contribution in [0.25, 0.3) is 0 Å². The van der Waals surface area contributed by atoms with E-state index in [-0.39, 0.29) is 16.3 Å². The molecule has 1 N–H and O–H groups in total. The third-order valence-electron chi connectivity index (χ3n) is 5.14. The SMILES string of the molecule is CNC1CC(C)CCC1C(C)(C)c1ccc(Br)c(Cl)c1F. The van der Waals surface area contributed by atoms with Gasteiger partial charge in [0.1, 0.15) is 5.82 Å². The highest BCUT2D eigenvalue weighted by Gasteiger charge is 2.41. The van der Waals surface area contributed by atoms with Gasteiger partial charge >= 0.3 is 0 Å². The van der Waals surface area contributed by atoms with Gasteiger partial charge in [-0.15, -0.1) is 0 Å². The molecular weight excluding hydrogens is 353 g/mol. The van der Waals surface area contributed by atoms with Crippen molar-refractivity contribution in [2.45, 2.75) is 51.5 Å². The maximum absolute atomic E-state index is 14.6. The standard InChI is InChI=1S/C17H24BrClFN/c1-10-5-6-11(14(9-10)21-4)17(2,3)12-7-8-13(18)15(19)16(12)20/h7-8,10-11,14,21H,5-6,9H2,1-4H3. The molecule has 0 aliphatic heterocycles. The summed E-state index contributed by atoms with van der Waals surface area (Å²) >= 11 is 9.38. The first-order chi connectivity index (χ1) is 9.78. The summed E-state index contributed by atoms with van der Waals surface area (Å²) < 4.78 is 15.3. The molecule has 1 aliphatic carbocycles. The highest BCUT2D eigenvalue weighted by Crippen LogP contribution is 2.44. The normalized spacial score (nSPS) is 26.9. The molecule has 2 rings (SSSR count). The van der Waals surface area contributed by atoms with Gasteiger partial charge in [-0.1, -0.05) is 44.9 Å². The van der Waals surface area contributed by atoms with Crippen LogP contribution in [-0.4, -0.2) is 13.1 Å². The average Bonchev–Trinajstić information content (AvgIpc) is 2.44. The fourth-order valence-electron chi connectivity index (χ4n) is 3.79. The molecule has 1 fully saturated rings. The quantitative estimate of drug-likeness (QED) is 0.683. The number of benzene rings is 1. The van der Waals surface area contributed by atoms with Crippen molar-refractivity contribution in [2.75, 3.05) is 7.05 Å². The van der Waals surface area contributed by atoms with E-state index in [4.69, 9.17) is 11.6 Å². The Bertz CT molecular complexity index is 518. The highest BCUT2D eigenvalue weighted by molar-refractivity contribution is 9.10. The minimum Gasteiger partial charge on any atom is -0.317 e. The minimum atomic E-state index is -0.287. The third kappa shape index (κ3) is 3.30. The van der Waals surface area contributed by atoms with Crippen molar-refractivity contribution in [1.82, 2.24) is 5.32 Å². The number of hydrogen-bond acceptors (Lipinski definition) is 1. The van der Waals surface area contributed by atoms with Crippen LogP contribution in [0.5, 0.6) is 0 Å². The Hall–Kier alpha value is -0.120. The molecule has 21 heavy (non-hydrogen) atoms. The molecule has 3 atom stereocenters. The summed E-state index contributed by atoms with van der Waals surface area (Å²) in [5.41, 5.74) is 0.470. The Morgan fingerprint density at radius 3 is 2.62 bits per heavy atom. The number of hydrogen-bond donors (Lipinski definition) is 1. The van der Waals surface area contributed by atoms with Crippen LogP contribution in [0.3, 0.4) is 0 Å². The molecule has 1 aromatic carbocycles. The van der Waals surface area contributed by atoms with Gasteiger partial charge in [-0.05, 0) is 64.7 Å². The number of nitrogens with one attached hydrogen (secondary N) is 1. The van der Waals surface area contributed by atoms with Crippen LogP contribution in [0, 0.1) is 17.7 Å². The average molecular weight is 377 g/mol. The molecule has 3 unspecified atom stereocenters. The maximum Gasteiger partial charge on any atom is 0.146 e. The summed E-state index contributed by atoms with van der Waals surface area (Å²) in [4.78, 5) is 0. The predicted molar refractivity (Wildman–Crippen MR) is 91.5 cm³/mol. The van der Waals surface area contributed by atoms with E-state index < -0.39 is 0 Å². The molecule has 118 valence electrons. The largest absolute Gasteiger partial charge is 0.317 e. The van der Waals surface area contributed by atoms with Gasteiger partial charge in [-0.25, -0.2) is 4.39 Å². The van der Waals surface area contributed by atoms with E-state index in [9.17, 15) is 4.39 Å². The zero-order valence-electron chi connectivity index (χ0n) is 13.1. The summed E-state index contributed by atoms with van der Waals surface area (Å²) in [7, 11) is 2.01. The van der Waals surface area contributed by atoms with Crippen molar-refractivity contribution in [3.05, 3.63) is 33.0 Å². The molecule has 0 radical (unpaired) electrons. The van der Waals surface area contributed by atoms with Crippen molar-refractivity contribution in [2.24, 2.45) is 11.8 Å². The molecule has 0 amide bonds. The summed E-state index contributed by atoms with van der Waals surface area (Å²) in [5, 5.41) is 3.63. The first-order valence-electron chi connectivity index (χ1n) is 7.60. The van der Waals surface area contributed by atoms with Crippen LogP contribution in [0.4, 0.5) is 4.39 Å². The first kappa shape index (κ1) is 17.2. The van der Waals surface area contributed by atoms with Gasteiger partial charge in [0.05, 0.1) is 5.02 Å². The molecule has 1 nitrogen and oxygen atoms in total. The van der Waals surface area contributed by atoms with Gasteiger partial charge in [-0.3, -0.25) is 0 Å². The Kier molecular flexibility index (Phi) is 5.38. The lowest BCUT2D eigenvalue weighted by Crippen LogP contribution is -2.47. The van der Waals surface area contributed by atoms with Crippen molar-refractivity contribution in [3.8, 4) is 0 Å². The van der Waals surface area contributed by atoms with E-state index in [1.165, 1.54) is 6.42 Å². The molecule has 1 saturated carbocycles. The van der Waals surface area contributed by atoms with Crippen molar-refractivity contribution >= 4 is 27.5 Å². The van der Waals surface area contributed by atoms with Crippen LogP contribution in [-0.2, 0) is 5.41 Å². The summed E-state index contributed by atoms with van der Waals surface area (Å²) in [6, 6.07) is 4.14. The molecule has 0 spiro atoms. The number of rotatable bonds is 3. The molecule has 1 aromatic rings. The summed E-state index contributed by atoms with van der Waals surface area (Å²) in [6.07, 6.45) is 3.47. The fraction of sp³-hybridized carbons (Fsp3) is 0.647. The molecule has 4 heteroatoms. The van der Waals surface area contributed by atoms with Gasteiger partial charge in [0.2, 0.25) is 0 Å². The van der Waals surface area contributed by atoms with Gasteiger partial charge < -0.3 is 5.32 Å². The Labute approximate surface area is 140 Å². The van der Waals surface area contributed by atoms with E-state index in [0.717, 1.165) is 24.3 Å². The van der Waals surface area contributed by atoms with Gasteiger partial charge in [0.15, 0.2) is 0 Å². The van der Waals surface area contributed by atoms with Crippen LogP contribution in [0.15, 0.2) is 16.6 Å². The smallest absolute Gasteiger partial charge is 0.146 e. The molecule has 0 saturated heterocycles. The Morgan fingerprint density at radius 2 is 2.00 bits per heavy atom. The third-order valence-corrected chi connectivity index (χ3v) is 6.40. The Morgan fingerprint density at radius 1 is 1.33 bits per heavy atom. The number of halogens is 3. The Balaban J connectivity index is 2.39. The van der Waals surface area contributed by atoms with Crippen LogP contribution in [0.1, 0.15) is 45.6 Å². The molecule has 0 aromatic heterocycles. The monoisotopic (exact) mass is 375 g/mol. The maximum atomic E-state index is 14.6. The summed E-state index contributed by atoms with van der Waals surface area (Å²) in [6.45, 7) is 6.58. The molecular formula is C17H24BrClFN. The molecule has 0 heterocycles. The second kappa shape index (κ2) is 6.55. The minimum absolute atomic E-state index is 0.186.